The number of hydrogen-bond donors (Lipinski definition) is 0. The minimum absolute atomic E-state index is 0.179. The molecule has 2 heterocycles. The Bertz CT molecular complexity index is 683. The lowest BCUT2D eigenvalue weighted by atomic mass is 10.0. The molecule has 1 atom stereocenters. The van der Waals surface area contributed by atoms with Crippen molar-refractivity contribution in [2.75, 3.05) is 20.1 Å². The van der Waals surface area contributed by atoms with Crippen LogP contribution in [-0.2, 0) is 17.8 Å². The molecule has 122 valence electrons. The first-order chi connectivity index (χ1) is 11.0. The summed E-state index contributed by atoms with van der Waals surface area (Å²) in [6.45, 7) is 4.31. The Morgan fingerprint density at radius 3 is 2.83 bits per heavy atom. The van der Waals surface area contributed by atoms with Gasteiger partial charge >= 0.3 is 0 Å². The van der Waals surface area contributed by atoms with E-state index in [1.807, 2.05) is 35.4 Å². The lowest BCUT2D eigenvalue weighted by Crippen LogP contribution is -2.41. The molecule has 0 radical (unpaired) electrons. The maximum atomic E-state index is 12.6. The van der Waals surface area contributed by atoms with Crippen molar-refractivity contribution < 1.29 is 4.79 Å². The van der Waals surface area contributed by atoms with Crippen molar-refractivity contribution in [3.05, 3.63) is 56.2 Å². The molecular formula is C18H21BrN2OS. The van der Waals surface area contributed by atoms with Gasteiger partial charge in [0.05, 0.1) is 6.54 Å². The van der Waals surface area contributed by atoms with Gasteiger partial charge in [-0.1, -0.05) is 28.1 Å². The van der Waals surface area contributed by atoms with Gasteiger partial charge in [0, 0.05) is 35.5 Å². The van der Waals surface area contributed by atoms with Crippen molar-refractivity contribution >= 4 is 33.2 Å². The summed E-state index contributed by atoms with van der Waals surface area (Å²) in [5.74, 6) is 0.179. The molecule has 1 aromatic carbocycles. The van der Waals surface area contributed by atoms with Crippen molar-refractivity contribution in [3.8, 4) is 0 Å². The fourth-order valence-electron chi connectivity index (χ4n) is 3.02. The number of thiophene rings is 1. The van der Waals surface area contributed by atoms with Crippen LogP contribution in [0.25, 0.3) is 0 Å². The number of hydrogen-bond acceptors (Lipinski definition) is 3. The predicted molar refractivity (Wildman–Crippen MR) is 98.6 cm³/mol. The number of nitrogens with zero attached hydrogens (tertiary/aromatic N) is 2. The van der Waals surface area contributed by atoms with Crippen LogP contribution in [0, 0.1) is 0 Å². The molecule has 1 aliphatic heterocycles. The zero-order valence-electron chi connectivity index (χ0n) is 13.5. The molecule has 23 heavy (non-hydrogen) atoms. The Hall–Kier alpha value is -1.17. The average Bonchev–Trinajstić information content (AvgIpc) is 3.01. The topological polar surface area (TPSA) is 23.6 Å². The lowest BCUT2D eigenvalue weighted by Gasteiger charge is -2.34. The van der Waals surface area contributed by atoms with E-state index in [9.17, 15) is 4.79 Å². The highest BCUT2D eigenvalue weighted by molar-refractivity contribution is 9.10. The predicted octanol–water partition coefficient (Wildman–Crippen LogP) is 4.09. The van der Waals surface area contributed by atoms with Crippen LogP contribution in [0.1, 0.15) is 29.0 Å². The Morgan fingerprint density at radius 1 is 1.35 bits per heavy atom. The van der Waals surface area contributed by atoms with Gasteiger partial charge in [0.1, 0.15) is 0 Å². The number of amides is 1. The van der Waals surface area contributed by atoms with Gasteiger partial charge in [0.2, 0.25) is 5.91 Å². The maximum Gasteiger partial charge on any atom is 0.236 e. The zero-order chi connectivity index (χ0) is 16.4. The molecule has 0 saturated carbocycles. The number of fused-ring (bicyclic) bond motifs is 1. The largest absolute Gasteiger partial charge is 0.340 e. The highest BCUT2D eigenvalue weighted by Crippen LogP contribution is 2.32. The summed E-state index contributed by atoms with van der Waals surface area (Å²) in [5, 5.41) is 2.16. The molecule has 3 rings (SSSR count). The molecule has 1 aromatic heterocycles. The molecule has 0 unspecified atom stereocenters. The second kappa shape index (κ2) is 7.16. The second-order valence-electron chi connectivity index (χ2n) is 6.07. The summed E-state index contributed by atoms with van der Waals surface area (Å²) in [6, 6.07) is 10.7. The van der Waals surface area contributed by atoms with E-state index in [4.69, 9.17) is 0 Å². The van der Waals surface area contributed by atoms with Crippen molar-refractivity contribution in [2.45, 2.75) is 25.9 Å². The summed E-state index contributed by atoms with van der Waals surface area (Å²) < 4.78 is 1.06. The SMILES string of the molecule is C[C@@H]1c2ccsc2CCN1CC(=O)N(C)Cc1ccc(Br)cc1. The first-order valence-electron chi connectivity index (χ1n) is 7.83. The van der Waals surface area contributed by atoms with E-state index in [1.54, 1.807) is 0 Å². The summed E-state index contributed by atoms with van der Waals surface area (Å²) in [4.78, 5) is 18.1. The zero-order valence-corrected chi connectivity index (χ0v) is 15.9. The Morgan fingerprint density at radius 2 is 2.09 bits per heavy atom. The van der Waals surface area contributed by atoms with Crippen LogP contribution in [0.4, 0.5) is 0 Å². The fraction of sp³-hybridized carbons (Fsp3) is 0.389. The van der Waals surface area contributed by atoms with Gasteiger partial charge in [0.15, 0.2) is 0 Å². The third-order valence-corrected chi connectivity index (χ3v) is 6.03. The normalized spacial score (nSPS) is 17.8. The monoisotopic (exact) mass is 392 g/mol. The third-order valence-electron chi connectivity index (χ3n) is 4.50. The van der Waals surface area contributed by atoms with Crippen LogP contribution in [0.15, 0.2) is 40.2 Å². The van der Waals surface area contributed by atoms with E-state index in [0.717, 1.165) is 23.0 Å². The van der Waals surface area contributed by atoms with E-state index in [0.29, 0.717) is 19.1 Å². The molecule has 0 N–H and O–H groups in total. The minimum atomic E-state index is 0.179. The Balaban J connectivity index is 1.59. The standard InChI is InChI=1S/C18H21BrN2OS/c1-13-16-8-10-23-17(16)7-9-21(13)12-18(22)20(2)11-14-3-5-15(19)6-4-14/h3-6,8,10,13H,7,9,11-12H2,1-2H3/t13-/m1/s1. The summed E-state index contributed by atoms with van der Waals surface area (Å²) in [7, 11) is 1.88. The van der Waals surface area contributed by atoms with Gasteiger partial charge in [-0.05, 0) is 48.1 Å². The van der Waals surface area contributed by atoms with E-state index >= 15 is 0 Å². The van der Waals surface area contributed by atoms with Crippen LogP contribution >= 0.6 is 27.3 Å². The molecule has 3 nitrogen and oxygen atoms in total. The number of carbonyl (C=O) groups excluding carboxylic acids is 1. The summed E-state index contributed by atoms with van der Waals surface area (Å²) in [5.41, 5.74) is 2.54. The lowest BCUT2D eigenvalue weighted by molar-refractivity contribution is -0.132. The number of benzene rings is 1. The maximum absolute atomic E-state index is 12.6. The molecular weight excluding hydrogens is 372 g/mol. The number of likely N-dealkylation sites (N-methyl/N-ethyl adjacent to an activating group) is 1. The van der Waals surface area contributed by atoms with Crippen LogP contribution in [0.2, 0.25) is 0 Å². The van der Waals surface area contributed by atoms with E-state index in [-0.39, 0.29) is 5.91 Å². The molecule has 1 aliphatic rings. The fourth-order valence-corrected chi connectivity index (χ4v) is 4.25. The van der Waals surface area contributed by atoms with Gasteiger partial charge in [-0.2, -0.15) is 0 Å². The highest BCUT2D eigenvalue weighted by Gasteiger charge is 2.26. The van der Waals surface area contributed by atoms with Gasteiger partial charge in [-0.3, -0.25) is 9.69 Å². The van der Waals surface area contributed by atoms with Crippen molar-refractivity contribution in [1.29, 1.82) is 0 Å². The highest BCUT2D eigenvalue weighted by atomic mass is 79.9. The molecule has 5 heteroatoms. The van der Waals surface area contributed by atoms with Crippen molar-refractivity contribution in [1.82, 2.24) is 9.80 Å². The van der Waals surface area contributed by atoms with E-state index in [2.05, 4.69) is 51.3 Å². The Kier molecular flexibility index (Phi) is 5.19. The first kappa shape index (κ1) is 16.7. The van der Waals surface area contributed by atoms with Crippen LogP contribution in [0.5, 0.6) is 0 Å². The second-order valence-corrected chi connectivity index (χ2v) is 7.99. The number of halogens is 1. The third kappa shape index (κ3) is 3.84. The molecule has 1 amide bonds. The van der Waals surface area contributed by atoms with Crippen molar-refractivity contribution in [2.24, 2.45) is 0 Å². The number of rotatable bonds is 4. The van der Waals surface area contributed by atoms with Crippen LogP contribution < -0.4 is 0 Å². The van der Waals surface area contributed by atoms with Crippen LogP contribution in [0.3, 0.4) is 0 Å². The van der Waals surface area contributed by atoms with Gasteiger partial charge in [-0.25, -0.2) is 0 Å². The first-order valence-corrected chi connectivity index (χ1v) is 9.50. The average molecular weight is 393 g/mol. The quantitative estimate of drug-likeness (QED) is 0.781. The van der Waals surface area contributed by atoms with Crippen LogP contribution in [-0.4, -0.2) is 35.8 Å². The van der Waals surface area contributed by atoms with Gasteiger partial charge < -0.3 is 4.90 Å². The van der Waals surface area contributed by atoms with E-state index in [1.165, 1.54) is 10.4 Å². The molecule has 0 aliphatic carbocycles. The van der Waals surface area contributed by atoms with Crippen molar-refractivity contribution in [3.63, 3.8) is 0 Å². The Labute approximate surface area is 150 Å². The van der Waals surface area contributed by atoms with Gasteiger partial charge in [-0.15, -0.1) is 11.3 Å². The van der Waals surface area contributed by atoms with E-state index < -0.39 is 0 Å². The molecule has 0 saturated heterocycles. The number of carbonyl (C=O) groups is 1. The summed E-state index contributed by atoms with van der Waals surface area (Å²) in [6.07, 6.45) is 1.06. The molecule has 0 fully saturated rings. The molecule has 0 bridgehead atoms. The molecule has 0 spiro atoms. The summed E-state index contributed by atoms with van der Waals surface area (Å²) >= 11 is 5.27. The minimum Gasteiger partial charge on any atom is -0.340 e. The van der Waals surface area contributed by atoms with Gasteiger partial charge in [0.25, 0.3) is 0 Å². The smallest absolute Gasteiger partial charge is 0.236 e. The molecule has 2 aromatic rings.